The summed E-state index contributed by atoms with van der Waals surface area (Å²) in [5.74, 6) is 0.508. The van der Waals surface area contributed by atoms with Crippen molar-refractivity contribution in [3.63, 3.8) is 0 Å². The van der Waals surface area contributed by atoms with Crippen molar-refractivity contribution in [1.29, 1.82) is 0 Å². The zero-order chi connectivity index (χ0) is 17.1. The average Bonchev–Trinajstić information content (AvgIpc) is 3.06. The van der Waals surface area contributed by atoms with E-state index in [-0.39, 0.29) is 12.3 Å². The van der Waals surface area contributed by atoms with Crippen LogP contribution in [0.3, 0.4) is 0 Å². The van der Waals surface area contributed by atoms with Crippen molar-refractivity contribution in [2.24, 2.45) is 0 Å². The van der Waals surface area contributed by atoms with E-state index >= 15 is 0 Å². The zero-order valence-corrected chi connectivity index (χ0v) is 14.2. The van der Waals surface area contributed by atoms with E-state index in [2.05, 4.69) is 34.5 Å². The van der Waals surface area contributed by atoms with Gasteiger partial charge in [0.1, 0.15) is 6.54 Å². The second kappa shape index (κ2) is 6.74. The molecule has 0 aliphatic carbocycles. The Kier molecular flexibility index (Phi) is 4.51. The van der Waals surface area contributed by atoms with E-state index in [4.69, 9.17) is 0 Å². The van der Waals surface area contributed by atoms with E-state index < -0.39 is 0 Å². The first-order chi connectivity index (χ1) is 11.6. The van der Waals surface area contributed by atoms with E-state index in [1.165, 1.54) is 15.9 Å². The van der Waals surface area contributed by atoms with Crippen molar-refractivity contribution in [2.45, 2.75) is 33.7 Å². The Bertz CT molecular complexity index is 865. The Morgan fingerprint density at radius 3 is 2.46 bits per heavy atom. The van der Waals surface area contributed by atoms with E-state index in [1.54, 1.807) is 0 Å². The Hall–Kier alpha value is -2.82. The van der Waals surface area contributed by atoms with Gasteiger partial charge in [-0.1, -0.05) is 43.3 Å². The quantitative estimate of drug-likeness (QED) is 0.676. The number of nitrogens with zero attached hydrogens (tertiary/aromatic N) is 4. The molecule has 0 bridgehead atoms. The highest BCUT2D eigenvalue weighted by Gasteiger charge is 2.12. The number of carbonyl (C=O) groups is 1. The third-order valence-corrected chi connectivity index (χ3v) is 4.19. The molecule has 0 saturated heterocycles. The Morgan fingerprint density at radius 1 is 1.04 bits per heavy atom. The van der Waals surface area contributed by atoms with Crippen LogP contribution >= 0.6 is 0 Å². The molecule has 2 aromatic carbocycles. The van der Waals surface area contributed by atoms with Gasteiger partial charge < -0.3 is 0 Å². The van der Waals surface area contributed by atoms with E-state index in [1.807, 2.05) is 44.2 Å². The fourth-order valence-electron chi connectivity index (χ4n) is 2.45. The lowest BCUT2D eigenvalue weighted by Crippen LogP contribution is -2.13. The Morgan fingerprint density at radius 2 is 1.79 bits per heavy atom. The van der Waals surface area contributed by atoms with Crippen LogP contribution < -0.4 is 0 Å². The molecule has 0 aliphatic heterocycles. The first kappa shape index (κ1) is 16.1. The zero-order valence-electron chi connectivity index (χ0n) is 14.2. The third kappa shape index (κ3) is 3.40. The molecule has 0 amide bonds. The van der Waals surface area contributed by atoms with Gasteiger partial charge in [-0.05, 0) is 48.2 Å². The minimum atomic E-state index is -0.0246. The maximum atomic E-state index is 12.4. The number of aromatic nitrogens is 4. The minimum Gasteiger partial charge on any atom is -0.292 e. The van der Waals surface area contributed by atoms with Crippen LogP contribution in [0.25, 0.3) is 11.4 Å². The van der Waals surface area contributed by atoms with Gasteiger partial charge in [-0.2, -0.15) is 4.80 Å². The van der Waals surface area contributed by atoms with Crippen molar-refractivity contribution in [3.05, 3.63) is 64.7 Å². The molecule has 0 atom stereocenters. The fraction of sp³-hybridized carbons (Fsp3) is 0.263. The molecule has 0 saturated carbocycles. The lowest BCUT2D eigenvalue weighted by atomic mass is 10.0. The summed E-state index contributed by atoms with van der Waals surface area (Å²) in [6.45, 7) is 6.22. The van der Waals surface area contributed by atoms with Crippen molar-refractivity contribution >= 4 is 5.78 Å². The molecule has 0 fully saturated rings. The average molecular weight is 320 g/mol. The van der Waals surface area contributed by atoms with Gasteiger partial charge in [0, 0.05) is 11.1 Å². The number of benzene rings is 2. The smallest absolute Gasteiger partial charge is 0.204 e. The molecular weight excluding hydrogens is 300 g/mol. The summed E-state index contributed by atoms with van der Waals surface area (Å²) in [6.07, 6.45) is 0.991. The second-order valence-electron chi connectivity index (χ2n) is 5.92. The topological polar surface area (TPSA) is 60.7 Å². The van der Waals surface area contributed by atoms with Gasteiger partial charge in [0.15, 0.2) is 5.78 Å². The maximum Gasteiger partial charge on any atom is 0.204 e. The van der Waals surface area contributed by atoms with Crippen LogP contribution in [0.4, 0.5) is 0 Å². The lowest BCUT2D eigenvalue weighted by molar-refractivity contribution is 0.0961. The van der Waals surface area contributed by atoms with Crippen molar-refractivity contribution in [2.75, 3.05) is 0 Å². The summed E-state index contributed by atoms with van der Waals surface area (Å²) in [5, 5.41) is 12.4. The number of hydrogen-bond acceptors (Lipinski definition) is 4. The molecule has 1 aromatic heterocycles. The SMILES string of the molecule is CCc1ccc(-c2nnn(CC(=O)c3ccc(C)c(C)c3)n2)cc1. The normalized spacial score (nSPS) is 10.8. The molecule has 24 heavy (non-hydrogen) atoms. The van der Waals surface area contributed by atoms with Crippen LogP contribution in [-0.4, -0.2) is 26.0 Å². The number of Topliss-reactive ketones (excluding diaryl/α,β-unsaturated/α-hetero) is 1. The molecule has 3 aromatic rings. The van der Waals surface area contributed by atoms with Crippen LogP contribution in [0.1, 0.15) is 34.0 Å². The van der Waals surface area contributed by atoms with Gasteiger partial charge in [-0.25, -0.2) is 0 Å². The van der Waals surface area contributed by atoms with Gasteiger partial charge in [-0.15, -0.1) is 10.2 Å². The van der Waals surface area contributed by atoms with Gasteiger partial charge in [0.25, 0.3) is 0 Å². The maximum absolute atomic E-state index is 12.4. The standard InChI is InChI=1S/C19H20N4O/c1-4-15-6-9-16(10-7-15)19-20-22-23(21-19)12-18(24)17-8-5-13(2)14(3)11-17/h5-11H,4,12H2,1-3H3. The predicted molar refractivity (Wildman–Crippen MR) is 92.9 cm³/mol. The summed E-state index contributed by atoms with van der Waals surface area (Å²) in [5.41, 5.74) is 5.10. The summed E-state index contributed by atoms with van der Waals surface area (Å²) in [6, 6.07) is 13.8. The van der Waals surface area contributed by atoms with Gasteiger partial charge >= 0.3 is 0 Å². The molecule has 0 radical (unpaired) electrons. The molecule has 5 heteroatoms. The summed E-state index contributed by atoms with van der Waals surface area (Å²) in [4.78, 5) is 13.7. The van der Waals surface area contributed by atoms with Crippen LogP contribution in [0.5, 0.6) is 0 Å². The van der Waals surface area contributed by atoms with Crippen molar-refractivity contribution < 1.29 is 4.79 Å². The molecule has 5 nitrogen and oxygen atoms in total. The van der Waals surface area contributed by atoms with Crippen LogP contribution in [0.15, 0.2) is 42.5 Å². The molecule has 0 N–H and O–H groups in total. The fourth-order valence-corrected chi connectivity index (χ4v) is 2.45. The highest BCUT2D eigenvalue weighted by molar-refractivity contribution is 5.96. The number of hydrogen-bond donors (Lipinski definition) is 0. The number of tetrazole rings is 1. The largest absolute Gasteiger partial charge is 0.292 e. The Labute approximate surface area is 141 Å². The molecular formula is C19H20N4O. The molecule has 0 unspecified atom stereocenters. The highest BCUT2D eigenvalue weighted by Crippen LogP contribution is 2.15. The number of rotatable bonds is 5. The number of ketones is 1. The van der Waals surface area contributed by atoms with Crippen molar-refractivity contribution in [1.82, 2.24) is 20.2 Å². The van der Waals surface area contributed by atoms with E-state index in [0.717, 1.165) is 17.5 Å². The van der Waals surface area contributed by atoms with Gasteiger partial charge in [-0.3, -0.25) is 4.79 Å². The highest BCUT2D eigenvalue weighted by atomic mass is 16.1. The monoisotopic (exact) mass is 320 g/mol. The molecule has 3 rings (SSSR count). The summed E-state index contributed by atoms with van der Waals surface area (Å²) < 4.78 is 0. The molecule has 0 spiro atoms. The lowest BCUT2D eigenvalue weighted by Gasteiger charge is -2.04. The van der Waals surface area contributed by atoms with Crippen LogP contribution in [0.2, 0.25) is 0 Å². The molecule has 122 valence electrons. The molecule has 1 heterocycles. The Balaban J connectivity index is 1.75. The van der Waals surface area contributed by atoms with Crippen molar-refractivity contribution in [3.8, 4) is 11.4 Å². The third-order valence-electron chi connectivity index (χ3n) is 4.19. The number of aryl methyl sites for hydroxylation is 3. The minimum absolute atomic E-state index is 0.0246. The molecule has 0 aliphatic rings. The van der Waals surface area contributed by atoms with Crippen LogP contribution in [0, 0.1) is 13.8 Å². The number of carbonyl (C=O) groups excluding carboxylic acids is 1. The first-order valence-corrected chi connectivity index (χ1v) is 8.04. The summed E-state index contributed by atoms with van der Waals surface area (Å²) >= 11 is 0. The predicted octanol–water partition coefficient (Wildman–Crippen LogP) is 3.40. The summed E-state index contributed by atoms with van der Waals surface area (Å²) in [7, 11) is 0. The van der Waals surface area contributed by atoms with E-state index in [0.29, 0.717) is 11.4 Å². The van der Waals surface area contributed by atoms with Gasteiger partial charge in [0.05, 0.1) is 0 Å². The first-order valence-electron chi connectivity index (χ1n) is 8.04. The van der Waals surface area contributed by atoms with E-state index in [9.17, 15) is 4.79 Å². The van der Waals surface area contributed by atoms with Crippen LogP contribution in [-0.2, 0) is 13.0 Å². The second-order valence-corrected chi connectivity index (χ2v) is 5.92. The van der Waals surface area contributed by atoms with Gasteiger partial charge in [0.2, 0.25) is 5.82 Å².